The fraction of sp³-hybridized carbons (Fsp3) is 0.238. The third-order valence-corrected chi connectivity index (χ3v) is 6.88. The standard InChI is InChI=1S/C21H21F2N3O3S2/c1-14(2)15-7-9-16(10-8-15)26-12-11-24-21(26)30-13-19(27)25-17-5-3-4-6-18(17)31(28,29)20(22)23/h3-12,14,20H,13H2,1-2H3,(H,25,27). The van der Waals surface area contributed by atoms with Crippen molar-refractivity contribution in [2.24, 2.45) is 0 Å². The van der Waals surface area contributed by atoms with Crippen molar-refractivity contribution in [2.75, 3.05) is 11.1 Å². The molecule has 0 atom stereocenters. The lowest BCUT2D eigenvalue weighted by molar-refractivity contribution is -0.113. The number of rotatable bonds is 8. The molecule has 31 heavy (non-hydrogen) atoms. The van der Waals surface area contributed by atoms with Crippen LogP contribution in [0.1, 0.15) is 25.3 Å². The van der Waals surface area contributed by atoms with E-state index in [0.717, 1.165) is 23.5 Å². The number of aromatic nitrogens is 2. The minimum Gasteiger partial charge on any atom is -0.324 e. The molecular weight excluding hydrogens is 444 g/mol. The number of imidazole rings is 1. The van der Waals surface area contributed by atoms with E-state index in [1.165, 1.54) is 23.8 Å². The SMILES string of the molecule is CC(C)c1ccc(-n2ccnc2SCC(=O)Nc2ccccc2S(=O)(=O)C(F)F)cc1. The molecule has 0 bridgehead atoms. The van der Waals surface area contributed by atoms with Crippen molar-refractivity contribution < 1.29 is 22.0 Å². The Morgan fingerprint density at radius 1 is 1.13 bits per heavy atom. The molecule has 3 aromatic rings. The summed E-state index contributed by atoms with van der Waals surface area (Å²) in [6.45, 7) is 4.22. The smallest absolute Gasteiger partial charge is 0.324 e. The van der Waals surface area contributed by atoms with Crippen molar-refractivity contribution in [3.63, 3.8) is 0 Å². The van der Waals surface area contributed by atoms with E-state index in [1.807, 2.05) is 28.8 Å². The quantitative estimate of drug-likeness (QED) is 0.487. The van der Waals surface area contributed by atoms with Crippen molar-refractivity contribution in [1.82, 2.24) is 9.55 Å². The lowest BCUT2D eigenvalue weighted by atomic mass is 10.0. The highest BCUT2D eigenvalue weighted by Gasteiger charge is 2.29. The van der Waals surface area contributed by atoms with Crippen LogP contribution in [0.4, 0.5) is 14.5 Å². The predicted molar refractivity (Wildman–Crippen MR) is 117 cm³/mol. The van der Waals surface area contributed by atoms with E-state index in [1.54, 1.807) is 12.4 Å². The number of anilines is 1. The van der Waals surface area contributed by atoms with Gasteiger partial charge < -0.3 is 5.32 Å². The zero-order chi connectivity index (χ0) is 22.6. The summed E-state index contributed by atoms with van der Waals surface area (Å²) in [7, 11) is -4.84. The Hall–Kier alpha value is -2.72. The van der Waals surface area contributed by atoms with Crippen LogP contribution in [0.25, 0.3) is 5.69 Å². The molecule has 164 valence electrons. The number of carbonyl (C=O) groups is 1. The van der Waals surface area contributed by atoms with Crippen LogP contribution in [0.2, 0.25) is 0 Å². The van der Waals surface area contributed by atoms with Gasteiger partial charge in [-0.25, -0.2) is 13.4 Å². The monoisotopic (exact) mass is 465 g/mol. The van der Waals surface area contributed by atoms with E-state index in [4.69, 9.17) is 0 Å². The first-order valence-corrected chi connectivity index (χ1v) is 11.9. The normalized spacial score (nSPS) is 11.8. The topological polar surface area (TPSA) is 81.1 Å². The number of para-hydroxylation sites is 1. The van der Waals surface area contributed by atoms with Gasteiger partial charge in [0.1, 0.15) is 0 Å². The highest BCUT2D eigenvalue weighted by atomic mass is 32.2. The molecule has 10 heteroatoms. The average Bonchev–Trinajstić information content (AvgIpc) is 3.21. The molecule has 0 unspecified atom stereocenters. The maximum Gasteiger partial charge on any atom is 0.341 e. The maximum atomic E-state index is 12.9. The van der Waals surface area contributed by atoms with Crippen molar-refractivity contribution in [2.45, 2.75) is 35.6 Å². The molecule has 1 amide bonds. The molecule has 1 N–H and O–H groups in total. The summed E-state index contributed by atoms with van der Waals surface area (Å²) < 4.78 is 51.3. The van der Waals surface area contributed by atoms with Crippen molar-refractivity contribution in [3.05, 3.63) is 66.5 Å². The molecule has 3 rings (SSSR count). The Balaban J connectivity index is 1.71. The molecule has 2 aromatic carbocycles. The summed E-state index contributed by atoms with van der Waals surface area (Å²) >= 11 is 1.15. The molecule has 0 aliphatic rings. The van der Waals surface area contributed by atoms with Gasteiger partial charge >= 0.3 is 5.76 Å². The van der Waals surface area contributed by atoms with Gasteiger partial charge in [-0.2, -0.15) is 8.78 Å². The van der Waals surface area contributed by atoms with Crippen LogP contribution in [0, 0.1) is 0 Å². The van der Waals surface area contributed by atoms with Crippen molar-refractivity contribution >= 4 is 33.2 Å². The van der Waals surface area contributed by atoms with Gasteiger partial charge in [-0.1, -0.05) is 49.9 Å². The van der Waals surface area contributed by atoms with E-state index in [0.29, 0.717) is 11.1 Å². The lowest BCUT2D eigenvalue weighted by Gasteiger charge is -2.12. The number of hydrogen-bond acceptors (Lipinski definition) is 5. The van der Waals surface area contributed by atoms with Crippen LogP contribution >= 0.6 is 11.8 Å². The molecule has 0 aliphatic carbocycles. The highest BCUT2D eigenvalue weighted by molar-refractivity contribution is 7.99. The molecule has 0 spiro atoms. The summed E-state index contributed by atoms with van der Waals surface area (Å²) in [4.78, 5) is 16.0. The van der Waals surface area contributed by atoms with Gasteiger partial charge in [0.25, 0.3) is 0 Å². The molecule has 6 nitrogen and oxygen atoms in total. The van der Waals surface area contributed by atoms with Crippen LogP contribution in [0.3, 0.4) is 0 Å². The van der Waals surface area contributed by atoms with Gasteiger partial charge in [-0.3, -0.25) is 9.36 Å². The molecule has 1 heterocycles. The van der Waals surface area contributed by atoms with E-state index >= 15 is 0 Å². The number of benzene rings is 2. The number of nitrogens with one attached hydrogen (secondary N) is 1. The Labute approximate surface area is 183 Å². The predicted octanol–water partition coefficient (Wildman–Crippen LogP) is 4.72. The van der Waals surface area contributed by atoms with Gasteiger partial charge in [0.05, 0.1) is 16.3 Å². The first-order valence-electron chi connectivity index (χ1n) is 9.37. The van der Waals surface area contributed by atoms with E-state index in [-0.39, 0.29) is 11.4 Å². The van der Waals surface area contributed by atoms with Crippen LogP contribution < -0.4 is 5.32 Å². The number of thioether (sulfide) groups is 1. The first-order chi connectivity index (χ1) is 14.7. The lowest BCUT2D eigenvalue weighted by Crippen LogP contribution is -2.19. The van der Waals surface area contributed by atoms with Crippen LogP contribution in [0.5, 0.6) is 0 Å². The molecule has 1 aromatic heterocycles. The van der Waals surface area contributed by atoms with Crippen LogP contribution in [0.15, 0.2) is 71.0 Å². The second-order valence-corrected chi connectivity index (χ2v) is 9.79. The molecule has 0 radical (unpaired) electrons. The van der Waals surface area contributed by atoms with Crippen LogP contribution in [-0.2, 0) is 14.6 Å². The molecular formula is C21H21F2N3O3S2. The number of amides is 1. The Morgan fingerprint density at radius 3 is 2.45 bits per heavy atom. The summed E-state index contributed by atoms with van der Waals surface area (Å²) in [6, 6.07) is 13.1. The Bertz CT molecular complexity index is 1160. The van der Waals surface area contributed by atoms with Crippen LogP contribution in [-0.4, -0.2) is 35.4 Å². The minimum atomic E-state index is -4.84. The van der Waals surface area contributed by atoms with Gasteiger partial charge in [0.2, 0.25) is 15.7 Å². The van der Waals surface area contributed by atoms with E-state index < -0.39 is 26.4 Å². The summed E-state index contributed by atoms with van der Waals surface area (Å²) in [6.07, 6.45) is 3.39. The Kier molecular flexibility index (Phi) is 7.11. The van der Waals surface area contributed by atoms with Gasteiger partial charge in [0.15, 0.2) is 5.16 Å². The largest absolute Gasteiger partial charge is 0.341 e. The van der Waals surface area contributed by atoms with Gasteiger partial charge in [-0.15, -0.1) is 0 Å². The third kappa shape index (κ3) is 5.31. The average molecular weight is 466 g/mol. The van der Waals surface area contributed by atoms with Crippen molar-refractivity contribution in [1.29, 1.82) is 0 Å². The number of sulfone groups is 1. The number of carbonyl (C=O) groups excluding carboxylic acids is 1. The minimum absolute atomic E-state index is 0.0792. The van der Waals surface area contributed by atoms with Crippen molar-refractivity contribution in [3.8, 4) is 5.69 Å². The second kappa shape index (κ2) is 9.61. The van der Waals surface area contributed by atoms with Gasteiger partial charge in [0, 0.05) is 18.1 Å². The molecule has 0 aliphatic heterocycles. The van der Waals surface area contributed by atoms with E-state index in [9.17, 15) is 22.0 Å². The summed E-state index contributed by atoms with van der Waals surface area (Å²) in [5.74, 6) is -3.78. The number of halogens is 2. The maximum absolute atomic E-state index is 12.9. The molecule has 0 saturated heterocycles. The fourth-order valence-corrected chi connectivity index (χ4v) is 4.50. The third-order valence-electron chi connectivity index (χ3n) is 4.48. The molecule has 0 fully saturated rings. The zero-order valence-corrected chi connectivity index (χ0v) is 18.5. The number of alkyl halides is 2. The van der Waals surface area contributed by atoms with Gasteiger partial charge in [-0.05, 0) is 35.7 Å². The summed E-state index contributed by atoms with van der Waals surface area (Å²) in [5, 5.41) is 2.97. The fourth-order valence-electron chi connectivity index (χ4n) is 2.84. The number of nitrogens with zero attached hydrogens (tertiary/aromatic N) is 2. The molecule has 0 saturated carbocycles. The number of hydrogen-bond donors (Lipinski definition) is 1. The zero-order valence-electron chi connectivity index (χ0n) is 16.8. The second-order valence-electron chi connectivity index (χ2n) is 6.96. The highest BCUT2D eigenvalue weighted by Crippen LogP contribution is 2.27. The first kappa shape index (κ1) is 23.0. The van der Waals surface area contributed by atoms with E-state index in [2.05, 4.69) is 24.1 Å². The Morgan fingerprint density at radius 2 is 1.81 bits per heavy atom. The summed E-state index contributed by atoms with van der Waals surface area (Å²) in [5.41, 5.74) is 1.91.